The minimum atomic E-state index is -0.665. The average Bonchev–Trinajstić information content (AvgIpc) is 3.21. The lowest BCUT2D eigenvalue weighted by atomic mass is 9.97. The summed E-state index contributed by atoms with van der Waals surface area (Å²) in [5.41, 5.74) is 7.08. The fourth-order valence-electron chi connectivity index (χ4n) is 3.40. The van der Waals surface area contributed by atoms with Gasteiger partial charge in [0.1, 0.15) is 6.17 Å². The molecule has 0 spiro atoms. The molecule has 1 saturated carbocycles. The van der Waals surface area contributed by atoms with E-state index in [0.717, 1.165) is 0 Å². The molecule has 0 aliphatic heterocycles. The fourth-order valence-corrected chi connectivity index (χ4v) is 3.40. The van der Waals surface area contributed by atoms with Crippen LogP contribution in [-0.4, -0.2) is 6.17 Å². The van der Waals surface area contributed by atoms with Crippen LogP contribution in [0, 0.1) is 13.8 Å². The maximum atomic E-state index is 13.2. The molecule has 0 heterocycles. The third-order valence-corrected chi connectivity index (χ3v) is 5.46. The Morgan fingerprint density at radius 3 is 2.33 bits per heavy atom. The molecule has 2 aliphatic rings. The van der Waals surface area contributed by atoms with E-state index in [9.17, 15) is 4.39 Å². The van der Waals surface area contributed by atoms with Crippen LogP contribution in [0.5, 0.6) is 0 Å². The van der Waals surface area contributed by atoms with Crippen LogP contribution in [0.2, 0.25) is 0 Å². The van der Waals surface area contributed by atoms with E-state index >= 15 is 0 Å². The van der Waals surface area contributed by atoms with Crippen LogP contribution in [0.1, 0.15) is 61.9 Å². The molecule has 0 radical (unpaired) electrons. The minimum absolute atomic E-state index is 0. The predicted octanol–water partition coefficient (Wildman–Crippen LogP) is 6.45. The molecule has 1 fully saturated rings. The van der Waals surface area contributed by atoms with Crippen molar-refractivity contribution in [2.75, 3.05) is 0 Å². The molecule has 2 aromatic rings. The second-order valence-corrected chi connectivity index (χ2v) is 7.64. The number of aryl methyl sites for hydroxylation is 2. The van der Waals surface area contributed by atoms with Gasteiger partial charge in [-0.15, -0.1) is 0 Å². The van der Waals surface area contributed by atoms with Crippen LogP contribution in [0.3, 0.4) is 0 Å². The topological polar surface area (TPSA) is 35.0 Å². The maximum Gasteiger partial charge on any atom is 0.111 e. The van der Waals surface area contributed by atoms with Gasteiger partial charge in [0.2, 0.25) is 0 Å². The molecule has 4 rings (SSSR count). The van der Waals surface area contributed by atoms with E-state index in [0.29, 0.717) is 11.8 Å². The van der Waals surface area contributed by atoms with Gasteiger partial charge in [-0.3, -0.25) is 0 Å². The van der Waals surface area contributed by atoms with E-state index in [-0.39, 0.29) is 13.5 Å². The zero-order valence-electron chi connectivity index (χ0n) is 15.4. The third-order valence-electron chi connectivity index (χ3n) is 5.46. The fraction of sp³-hybridized carbons (Fsp3) is 0.455. The zero-order chi connectivity index (χ0) is 16.6. The third kappa shape index (κ3) is 3.87. The molecule has 0 saturated heterocycles. The molecule has 1 nitrogen and oxygen atoms in total. The first-order valence-corrected chi connectivity index (χ1v) is 8.70. The van der Waals surface area contributed by atoms with Crippen molar-refractivity contribution in [2.24, 2.45) is 0 Å². The number of benzene rings is 2. The highest BCUT2D eigenvalue weighted by molar-refractivity contribution is 5.39. The van der Waals surface area contributed by atoms with Crippen LogP contribution in [0.25, 0.3) is 0 Å². The number of halogens is 1. The monoisotopic (exact) mass is 329 g/mol. The molecule has 0 amide bonds. The van der Waals surface area contributed by atoms with Crippen molar-refractivity contribution >= 4 is 0 Å². The summed E-state index contributed by atoms with van der Waals surface area (Å²) in [7, 11) is 0. The van der Waals surface area contributed by atoms with Crippen molar-refractivity contribution < 1.29 is 5.82 Å². The van der Waals surface area contributed by atoms with Crippen LogP contribution in [0.15, 0.2) is 42.5 Å². The molecule has 3 N–H and O–H groups in total. The lowest BCUT2D eigenvalue weighted by Crippen LogP contribution is -2.02. The molecule has 24 heavy (non-hydrogen) atoms. The maximum absolute atomic E-state index is 13.2. The van der Waals surface area contributed by atoms with E-state index in [2.05, 4.69) is 63.2 Å². The van der Waals surface area contributed by atoms with E-state index in [4.69, 9.17) is 0 Å². The van der Waals surface area contributed by atoms with Gasteiger partial charge in [0, 0.05) is 13.8 Å². The van der Waals surface area contributed by atoms with Crippen LogP contribution < -0.4 is 6.15 Å². The molecule has 2 atom stereocenters. The molecule has 0 aromatic heterocycles. The van der Waals surface area contributed by atoms with Gasteiger partial charge in [-0.05, 0) is 48.8 Å². The Balaban J connectivity index is 0.000000232. The summed E-state index contributed by atoms with van der Waals surface area (Å²) in [6, 6.07) is 15.1. The zero-order valence-corrected chi connectivity index (χ0v) is 15.4. The van der Waals surface area contributed by atoms with Gasteiger partial charge < -0.3 is 6.15 Å². The quantitative estimate of drug-likeness (QED) is 0.641. The standard InChI is InChI=1S/C11H13F.C11H14.H3N.H2/c1-7-3-4-9-6-11(12)8(2)10(9)5-7;1-9-4-3-5-10(8-9)11(2)6-7-11;;/h3-5,8,11H,6H2,1-2H3;3-5,8H,6-7H2,1-2H3;1H3;1H. The molecule has 0 bridgehead atoms. The first kappa shape index (κ1) is 18.7. The van der Waals surface area contributed by atoms with Gasteiger partial charge in [-0.25, -0.2) is 4.39 Å². The molecule has 2 heteroatoms. The highest BCUT2D eigenvalue weighted by Crippen LogP contribution is 2.47. The summed E-state index contributed by atoms with van der Waals surface area (Å²) in [4.78, 5) is 0. The second-order valence-electron chi connectivity index (χ2n) is 7.64. The van der Waals surface area contributed by atoms with Crippen molar-refractivity contribution in [3.8, 4) is 0 Å². The summed E-state index contributed by atoms with van der Waals surface area (Å²) in [5, 5.41) is 0. The van der Waals surface area contributed by atoms with Gasteiger partial charge in [-0.2, -0.15) is 0 Å². The summed E-state index contributed by atoms with van der Waals surface area (Å²) in [6.07, 6.45) is 2.69. The first-order valence-electron chi connectivity index (χ1n) is 8.70. The van der Waals surface area contributed by atoms with Crippen LogP contribution in [-0.2, 0) is 11.8 Å². The average molecular weight is 330 g/mol. The highest BCUT2D eigenvalue weighted by atomic mass is 19.1. The smallest absolute Gasteiger partial charge is 0.111 e. The molecular weight excluding hydrogens is 297 g/mol. The summed E-state index contributed by atoms with van der Waals surface area (Å²) >= 11 is 0. The second kappa shape index (κ2) is 7.06. The number of hydrogen-bond donors (Lipinski definition) is 1. The van der Waals surface area contributed by atoms with Gasteiger partial charge >= 0.3 is 0 Å². The first-order chi connectivity index (χ1) is 10.9. The van der Waals surface area contributed by atoms with Gasteiger partial charge in [-0.1, -0.05) is 67.4 Å². The number of hydrogen-bond acceptors (Lipinski definition) is 1. The molecule has 132 valence electrons. The normalized spacial score (nSPS) is 22.7. The molecular formula is C22H32FN. The Bertz CT molecular complexity index is 709. The van der Waals surface area contributed by atoms with Gasteiger partial charge in [0.05, 0.1) is 0 Å². The van der Waals surface area contributed by atoms with Crippen molar-refractivity contribution in [1.82, 2.24) is 6.15 Å². The van der Waals surface area contributed by atoms with E-state index in [1.54, 1.807) is 0 Å². The lowest BCUT2D eigenvalue weighted by molar-refractivity contribution is 0.311. The molecule has 2 unspecified atom stereocenters. The van der Waals surface area contributed by atoms with E-state index < -0.39 is 6.17 Å². The molecule has 2 aromatic carbocycles. The Morgan fingerprint density at radius 2 is 1.71 bits per heavy atom. The highest BCUT2D eigenvalue weighted by Gasteiger charge is 2.38. The van der Waals surface area contributed by atoms with Gasteiger partial charge in [0.25, 0.3) is 0 Å². The van der Waals surface area contributed by atoms with E-state index in [1.165, 1.54) is 40.7 Å². The van der Waals surface area contributed by atoms with E-state index in [1.807, 2.05) is 6.92 Å². The van der Waals surface area contributed by atoms with Crippen LogP contribution >= 0.6 is 0 Å². The largest absolute Gasteiger partial charge is 0.344 e. The Labute approximate surface area is 147 Å². The number of rotatable bonds is 1. The summed E-state index contributed by atoms with van der Waals surface area (Å²) in [6.45, 7) is 8.53. The SMILES string of the molecule is Cc1ccc2c(c1)C(C)C(F)C2.Cc1cccc(C2(C)CC2)c1.N.[HH]. The number of alkyl halides is 1. The van der Waals surface area contributed by atoms with Crippen molar-refractivity contribution in [3.63, 3.8) is 0 Å². The Kier molecular flexibility index (Phi) is 5.49. The summed E-state index contributed by atoms with van der Waals surface area (Å²) in [5.74, 6) is 0.0971. The number of fused-ring (bicyclic) bond motifs is 1. The van der Waals surface area contributed by atoms with Crippen molar-refractivity contribution in [3.05, 3.63) is 70.3 Å². The Morgan fingerprint density at radius 1 is 1.04 bits per heavy atom. The lowest BCUT2D eigenvalue weighted by Gasteiger charge is -2.08. The minimum Gasteiger partial charge on any atom is -0.344 e. The van der Waals surface area contributed by atoms with Gasteiger partial charge in [0.15, 0.2) is 0 Å². The van der Waals surface area contributed by atoms with Crippen molar-refractivity contribution in [1.29, 1.82) is 0 Å². The predicted molar refractivity (Wildman–Crippen MR) is 103 cm³/mol. The summed E-state index contributed by atoms with van der Waals surface area (Å²) < 4.78 is 13.2. The van der Waals surface area contributed by atoms with Crippen molar-refractivity contribution in [2.45, 2.75) is 64.5 Å². The molecule has 2 aliphatic carbocycles. The van der Waals surface area contributed by atoms with Crippen LogP contribution in [0.4, 0.5) is 4.39 Å². The Hall–Kier alpha value is -1.67.